The van der Waals surface area contributed by atoms with E-state index < -0.39 is 5.60 Å². The first kappa shape index (κ1) is 19.8. The quantitative estimate of drug-likeness (QED) is 0.501. The molecule has 1 amide bonds. The number of nitrogens with one attached hydrogen (secondary N) is 3. The largest absolute Gasteiger partial charge is 0.394 e. The topological polar surface area (TPSA) is 110 Å². The molecule has 0 spiro atoms. The Morgan fingerprint density at radius 2 is 2.03 bits per heavy atom. The van der Waals surface area contributed by atoms with E-state index in [1.54, 1.807) is 6.20 Å². The molecular formula is C23H32N4O3. The minimum absolute atomic E-state index is 0.0985. The van der Waals surface area contributed by atoms with E-state index in [4.69, 9.17) is 0 Å². The summed E-state index contributed by atoms with van der Waals surface area (Å²) in [6.45, 7) is 3.86. The number of hydrogen-bond donors (Lipinski definition) is 5. The van der Waals surface area contributed by atoms with Crippen LogP contribution in [0, 0.1) is 23.7 Å². The molecule has 3 atom stereocenters. The Labute approximate surface area is 176 Å². The molecule has 6 rings (SSSR count). The Balaban J connectivity index is 1.47. The van der Waals surface area contributed by atoms with Gasteiger partial charge in [-0.15, -0.1) is 0 Å². The second-order valence-electron chi connectivity index (χ2n) is 10.2. The predicted molar refractivity (Wildman–Crippen MR) is 115 cm³/mol. The highest BCUT2D eigenvalue weighted by atomic mass is 16.3. The lowest BCUT2D eigenvalue weighted by atomic mass is 9.52. The third-order valence-electron chi connectivity index (χ3n) is 7.70. The summed E-state index contributed by atoms with van der Waals surface area (Å²) >= 11 is 0. The highest BCUT2D eigenvalue weighted by Gasteiger charge is 2.54. The summed E-state index contributed by atoms with van der Waals surface area (Å²) in [4.78, 5) is 20.7. The molecule has 30 heavy (non-hydrogen) atoms. The van der Waals surface area contributed by atoms with Gasteiger partial charge < -0.3 is 25.8 Å². The molecule has 7 heteroatoms. The van der Waals surface area contributed by atoms with Crippen molar-refractivity contribution in [3.8, 4) is 0 Å². The lowest BCUT2D eigenvalue weighted by Crippen LogP contribution is -2.59. The minimum Gasteiger partial charge on any atom is -0.394 e. The normalized spacial score (nSPS) is 33.2. The van der Waals surface area contributed by atoms with Crippen molar-refractivity contribution < 1.29 is 15.0 Å². The van der Waals surface area contributed by atoms with Gasteiger partial charge >= 0.3 is 0 Å². The van der Waals surface area contributed by atoms with Crippen LogP contribution in [-0.2, 0) is 0 Å². The zero-order chi connectivity index (χ0) is 21.0. The predicted octanol–water partition coefficient (Wildman–Crippen LogP) is 2.66. The van der Waals surface area contributed by atoms with Crippen LogP contribution in [0.2, 0.25) is 0 Å². The highest BCUT2D eigenvalue weighted by molar-refractivity contribution is 6.06. The van der Waals surface area contributed by atoms with Crippen molar-refractivity contribution in [2.45, 2.75) is 63.6 Å². The molecule has 2 heterocycles. The fraction of sp³-hybridized carbons (Fsp3) is 0.652. The number of aliphatic hydroxyl groups is 2. The molecule has 4 aliphatic carbocycles. The van der Waals surface area contributed by atoms with Crippen molar-refractivity contribution in [3.05, 3.63) is 24.0 Å². The van der Waals surface area contributed by atoms with Crippen LogP contribution in [0.5, 0.6) is 0 Å². The number of rotatable bonds is 6. The summed E-state index contributed by atoms with van der Waals surface area (Å²) < 4.78 is 0. The average Bonchev–Trinajstić information content (AvgIpc) is 3.16. The molecule has 4 bridgehead atoms. The molecule has 0 saturated heterocycles. The number of aromatic nitrogens is 2. The number of carbonyl (C=O) groups excluding carboxylic acids is 1. The van der Waals surface area contributed by atoms with Crippen LogP contribution in [0.1, 0.15) is 56.3 Å². The number of anilines is 1. The maximum atomic E-state index is 13.2. The van der Waals surface area contributed by atoms with Gasteiger partial charge in [-0.2, -0.15) is 0 Å². The van der Waals surface area contributed by atoms with E-state index in [1.165, 1.54) is 0 Å². The van der Waals surface area contributed by atoms with Crippen molar-refractivity contribution >= 4 is 22.6 Å². The van der Waals surface area contributed by atoms with Gasteiger partial charge in [-0.25, -0.2) is 4.98 Å². The first-order valence-corrected chi connectivity index (χ1v) is 11.2. The Morgan fingerprint density at radius 3 is 2.67 bits per heavy atom. The number of pyridine rings is 1. The number of hydrogen-bond acceptors (Lipinski definition) is 5. The maximum Gasteiger partial charge on any atom is 0.255 e. The van der Waals surface area contributed by atoms with E-state index in [-0.39, 0.29) is 30.5 Å². The lowest BCUT2D eigenvalue weighted by Gasteiger charge is -2.58. The molecule has 4 saturated carbocycles. The standard InChI is InChI=1S/C23H32N4O3/c1-12(2)18(11-28)26-22(29)17-10-25-21-16(3-4-24-21)20(17)27-19-14-5-13-6-15(19)9-23(30,7-13)8-14/h3-4,10,12-15,18-19,28,30H,5-9,11H2,1-2H3,(H,26,29)(H2,24,25,27)/t13?,14?,15?,18-,19-,23+/m1/s1. The molecule has 5 N–H and O–H groups in total. The summed E-state index contributed by atoms with van der Waals surface area (Å²) in [7, 11) is 0. The Hall–Kier alpha value is -2.12. The van der Waals surface area contributed by atoms with E-state index in [2.05, 4.69) is 20.6 Å². The Morgan fingerprint density at radius 1 is 1.30 bits per heavy atom. The summed E-state index contributed by atoms with van der Waals surface area (Å²) in [5.41, 5.74) is 1.58. The second-order valence-corrected chi connectivity index (χ2v) is 10.2. The molecule has 2 aromatic heterocycles. The summed E-state index contributed by atoms with van der Waals surface area (Å²) in [6, 6.07) is 1.91. The number of aromatic amines is 1. The molecule has 0 radical (unpaired) electrons. The lowest BCUT2D eigenvalue weighted by molar-refractivity contribution is -0.129. The van der Waals surface area contributed by atoms with E-state index in [0.717, 1.165) is 48.8 Å². The Bertz CT molecular complexity index is 939. The van der Waals surface area contributed by atoms with Gasteiger partial charge in [-0.05, 0) is 61.8 Å². The van der Waals surface area contributed by atoms with Crippen LogP contribution >= 0.6 is 0 Å². The van der Waals surface area contributed by atoms with Crippen LogP contribution < -0.4 is 10.6 Å². The molecule has 7 nitrogen and oxygen atoms in total. The molecular weight excluding hydrogens is 380 g/mol. The SMILES string of the molecule is CC(C)[C@@H](CO)NC(=O)c1cnc2[nH]ccc2c1N[C@H]1C2CC3CC1C[C@@](O)(C3)C2. The molecule has 2 aromatic rings. The summed E-state index contributed by atoms with van der Waals surface area (Å²) in [5.74, 6) is 1.41. The van der Waals surface area contributed by atoms with Gasteiger partial charge in [0.25, 0.3) is 5.91 Å². The van der Waals surface area contributed by atoms with Gasteiger partial charge in [0.2, 0.25) is 0 Å². The molecule has 0 aliphatic heterocycles. The van der Waals surface area contributed by atoms with Gasteiger partial charge in [0.15, 0.2) is 0 Å². The van der Waals surface area contributed by atoms with Crippen LogP contribution in [-0.4, -0.2) is 50.4 Å². The first-order chi connectivity index (χ1) is 14.4. The number of amides is 1. The van der Waals surface area contributed by atoms with E-state index in [9.17, 15) is 15.0 Å². The molecule has 0 aromatic carbocycles. The zero-order valence-corrected chi connectivity index (χ0v) is 17.7. The van der Waals surface area contributed by atoms with Gasteiger partial charge in [-0.3, -0.25) is 4.79 Å². The number of H-pyrrole nitrogens is 1. The maximum absolute atomic E-state index is 13.2. The van der Waals surface area contributed by atoms with E-state index in [1.807, 2.05) is 26.1 Å². The summed E-state index contributed by atoms with van der Waals surface area (Å²) in [5, 5.41) is 28.2. The fourth-order valence-electron chi connectivity index (χ4n) is 6.39. The van der Waals surface area contributed by atoms with Crippen LogP contribution in [0.15, 0.2) is 18.5 Å². The average molecular weight is 413 g/mol. The molecule has 4 aliphatic rings. The first-order valence-electron chi connectivity index (χ1n) is 11.2. The third kappa shape index (κ3) is 3.28. The van der Waals surface area contributed by atoms with Gasteiger partial charge in [0.1, 0.15) is 5.65 Å². The van der Waals surface area contributed by atoms with Crippen LogP contribution in [0.3, 0.4) is 0 Å². The molecule has 2 unspecified atom stereocenters. The second kappa shape index (κ2) is 7.24. The third-order valence-corrected chi connectivity index (χ3v) is 7.70. The van der Waals surface area contributed by atoms with Gasteiger partial charge in [0, 0.05) is 23.8 Å². The monoisotopic (exact) mass is 412 g/mol. The molecule has 162 valence electrons. The zero-order valence-electron chi connectivity index (χ0n) is 17.7. The minimum atomic E-state index is -0.484. The number of fused-ring (bicyclic) bond motifs is 1. The van der Waals surface area contributed by atoms with Crippen LogP contribution in [0.4, 0.5) is 5.69 Å². The number of aliphatic hydroxyl groups excluding tert-OH is 1. The van der Waals surface area contributed by atoms with Crippen molar-refractivity contribution in [1.82, 2.24) is 15.3 Å². The van der Waals surface area contributed by atoms with Crippen molar-refractivity contribution in [3.63, 3.8) is 0 Å². The van der Waals surface area contributed by atoms with Crippen molar-refractivity contribution in [1.29, 1.82) is 0 Å². The van der Waals surface area contributed by atoms with Crippen molar-refractivity contribution in [2.75, 3.05) is 11.9 Å². The molecule has 4 fully saturated rings. The smallest absolute Gasteiger partial charge is 0.255 e. The fourth-order valence-corrected chi connectivity index (χ4v) is 6.39. The van der Waals surface area contributed by atoms with Crippen LogP contribution in [0.25, 0.3) is 11.0 Å². The Kier molecular flexibility index (Phi) is 4.78. The van der Waals surface area contributed by atoms with E-state index in [0.29, 0.717) is 23.3 Å². The number of nitrogens with zero attached hydrogens (tertiary/aromatic N) is 1. The summed E-state index contributed by atoms with van der Waals surface area (Å²) in [6.07, 6.45) is 8.42. The van der Waals surface area contributed by atoms with Gasteiger partial charge in [-0.1, -0.05) is 13.8 Å². The number of carbonyl (C=O) groups is 1. The van der Waals surface area contributed by atoms with Gasteiger partial charge in [0.05, 0.1) is 29.5 Å². The highest BCUT2D eigenvalue weighted by Crippen LogP contribution is 2.56. The van der Waals surface area contributed by atoms with Crippen molar-refractivity contribution in [2.24, 2.45) is 23.7 Å². The van der Waals surface area contributed by atoms with E-state index >= 15 is 0 Å².